The fourth-order valence-corrected chi connectivity index (χ4v) is 4.17. The highest BCUT2D eigenvalue weighted by Gasteiger charge is 2.31. The number of nitro benzene ring substituents is 1. The van der Waals surface area contributed by atoms with E-state index in [-0.39, 0.29) is 11.3 Å². The topological polar surface area (TPSA) is 145 Å². The molecule has 31 heavy (non-hydrogen) atoms. The van der Waals surface area contributed by atoms with E-state index in [1.54, 1.807) is 23.6 Å². The zero-order chi connectivity index (χ0) is 22.5. The molecule has 1 aliphatic heterocycles. The Morgan fingerprint density at radius 3 is 2.58 bits per heavy atom. The van der Waals surface area contributed by atoms with Gasteiger partial charge in [0.1, 0.15) is 10.7 Å². The van der Waals surface area contributed by atoms with Crippen LogP contribution in [0.15, 0.2) is 35.7 Å². The first-order valence-electron chi connectivity index (χ1n) is 9.65. The van der Waals surface area contributed by atoms with Gasteiger partial charge in [-0.05, 0) is 37.3 Å². The number of benzene rings is 1. The molecule has 1 fully saturated rings. The predicted octanol–water partition coefficient (Wildman–Crippen LogP) is 2.54. The summed E-state index contributed by atoms with van der Waals surface area (Å²) in [7, 11) is 0. The quantitative estimate of drug-likeness (QED) is 0.378. The van der Waals surface area contributed by atoms with Gasteiger partial charge in [0.25, 0.3) is 17.5 Å². The van der Waals surface area contributed by atoms with Gasteiger partial charge in [-0.3, -0.25) is 24.5 Å². The van der Waals surface area contributed by atoms with Crippen molar-refractivity contribution < 1.29 is 24.0 Å². The van der Waals surface area contributed by atoms with E-state index in [0.717, 1.165) is 11.3 Å². The number of para-hydroxylation sites is 2. The van der Waals surface area contributed by atoms with Gasteiger partial charge in [-0.1, -0.05) is 12.1 Å². The fraction of sp³-hybridized carbons (Fsp3) is 0.350. The maximum atomic E-state index is 12.5. The van der Waals surface area contributed by atoms with Gasteiger partial charge in [0.05, 0.1) is 16.4 Å². The van der Waals surface area contributed by atoms with Crippen molar-refractivity contribution in [3.8, 4) is 0 Å². The van der Waals surface area contributed by atoms with E-state index in [1.165, 1.54) is 19.1 Å². The number of primary amides is 1. The van der Waals surface area contributed by atoms with Gasteiger partial charge in [0, 0.05) is 19.2 Å². The predicted molar refractivity (Wildman–Crippen MR) is 115 cm³/mol. The number of esters is 1. The number of nitrogens with zero attached hydrogens (tertiary/aromatic N) is 2. The molecule has 164 valence electrons. The molecule has 11 heteroatoms. The molecule has 2 amide bonds. The number of hydrogen-bond acceptors (Lipinski definition) is 8. The summed E-state index contributed by atoms with van der Waals surface area (Å²) >= 11 is 1.15. The molecule has 3 rings (SSSR count). The van der Waals surface area contributed by atoms with Crippen molar-refractivity contribution in [3.05, 3.63) is 51.4 Å². The molecule has 3 N–H and O–H groups in total. The summed E-state index contributed by atoms with van der Waals surface area (Å²) in [5.74, 6) is -2.12. The summed E-state index contributed by atoms with van der Waals surface area (Å²) in [4.78, 5) is 48.9. The van der Waals surface area contributed by atoms with Crippen molar-refractivity contribution >= 4 is 45.5 Å². The molecule has 1 saturated heterocycles. The third-order valence-electron chi connectivity index (χ3n) is 5.08. The monoisotopic (exact) mass is 446 g/mol. The van der Waals surface area contributed by atoms with Crippen LogP contribution >= 0.6 is 11.3 Å². The van der Waals surface area contributed by atoms with Gasteiger partial charge in [-0.25, -0.2) is 0 Å². The number of hydrogen-bond donors (Lipinski definition) is 2. The van der Waals surface area contributed by atoms with Crippen molar-refractivity contribution in [2.24, 2.45) is 11.7 Å². The van der Waals surface area contributed by atoms with E-state index in [9.17, 15) is 24.5 Å². The second-order valence-electron chi connectivity index (χ2n) is 7.10. The highest BCUT2D eigenvalue weighted by Crippen LogP contribution is 2.31. The highest BCUT2D eigenvalue weighted by molar-refractivity contribution is 7.14. The average Bonchev–Trinajstić information content (AvgIpc) is 3.22. The number of ether oxygens (including phenoxy) is 1. The average molecular weight is 446 g/mol. The van der Waals surface area contributed by atoms with Crippen LogP contribution in [0, 0.1) is 16.0 Å². The van der Waals surface area contributed by atoms with E-state index >= 15 is 0 Å². The Bertz CT molecular complexity index is 999. The number of nitrogens with one attached hydrogen (secondary N) is 1. The third kappa shape index (κ3) is 5.18. The Labute approximate surface area is 182 Å². The lowest BCUT2D eigenvalue weighted by Gasteiger charge is -2.32. The SMILES string of the molecule is CC(OC(=O)C1CCN(c2ccccc2[N+](=O)[O-])CC1)C(=O)Nc1sccc1C(N)=O. The minimum Gasteiger partial charge on any atom is -0.452 e. The van der Waals surface area contributed by atoms with Crippen LogP contribution in [0.2, 0.25) is 0 Å². The number of amides is 2. The molecule has 1 aliphatic rings. The Kier molecular flexibility index (Phi) is 6.85. The first-order chi connectivity index (χ1) is 14.8. The molecule has 0 radical (unpaired) electrons. The normalized spacial score (nSPS) is 15.2. The van der Waals surface area contributed by atoms with Gasteiger partial charge >= 0.3 is 5.97 Å². The number of nitro groups is 1. The Morgan fingerprint density at radius 2 is 1.94 bits per heavy atom. The molecule has 0 saturated carbocycles. The van der Waals surface area contributed by atoms with Crippen LogP contribution in [0.3, 0.4) is 0 Å². The molecular formula is C20H22N4O6S. The molecule has 0 aliphatic carbocycles. The van der Waals surface area contributed by atoms with E-state index in [0.29, 0.717) is 36.6 Å². The summed E-state index contributed by atoms with van der Waals surface area (Å²) in [6, 6.07) is 7.99. The zero-order valence-electron chi connectivity index (χ0n) is 16.8. The minimum absolute atomic E-state index is 0.0257. The van der Waals surface area contributed by atoms with Gasteiger partial charge in [-0.2, -0.15) is 0 Å². The fourth-order valence-electron chi connectivity index (χ4n) is 3.38. The molecule has 2 aromatic rings. The number of carbonyl (C=O) groups is 3. The largest absolute Gasteiger partial charge is 0.452 e. The number of rotatable bonds is 7. The van der Waals surface area contributed by atoms with Crippen molar-refractivity contribution in [1.82, 2.24) is 0 Å². The van der Waals surface area contributed by atoms with Crippen molar-refractivity contribution in [2.75, 3.05) is 23.3 Å². The van der Waals surface area contributed by atoms with E-state index in [2.05, 4.69) is 5.32 Å². The summed E-state index contributed by atoms with van der Waals surface area (Å²) < 4.78 is 5.31. The van der Waals surface area contributed by atoms with Crippen molar-refractivity contribution in [3.63, 3.8) is 0 Å². The third-order valence-corrected chi connectivity index (χ3v) is 5.91. The summed E-state index contributed by atoms with van der Waals surface area (Å²) in [6.45, 7) is 2.37. The molecule has 0 spiro atoms. The van der Waals surface area contributed by atoms with Crippen molar-refractivity contribution in [1.29, 1.82) is 0 Å². The Balaban J connectivity index is 1.54. The van der Waals surface area contributed by atoms with Crippen LogP contribution in [-0.2, 0) is 14.3 Å². The molecule has 2 heterocycles. The van der Waals surface area contributed by atoms with E-state index in [4.69, 9.17) is 10.5 Å². The maximum Gasteiger partial charge on any atom is 0.309 e. The molecule has 1 atom stereocenters. The summed E-state index contributed by atoms with van der Waals surface area (Å²) in [5.41, 5.74) is 6.00. The first-order valence-corrected chi connectivity index (χ1v) is 10.5. The standard InChI is InChI=1S/C20H22N4O6S/c1-12(18(26)22-19-14(17(21)25)8-11-31-19)30-20(27)13-6-9-23(10-7-13)15-4-2-3-5-16(15)24(28)29/h2-5,8,11-13H,6-7,9-10H2,1H3,(H2,21,25)(H,22,26). The molecule has 1 aromatic carbocycles. The van der Waals surface area contributed by atoms with Gasteiger partial charge < -0.3 is 20.7 Å². The number of nitrogens with two attached hydrogens (primary N) is 1. The lowest BCUT2D eigenvalue weighted by molar-refractivity contribution is -0.384. The van der Waals surface area contributed by atoms with Gasteiger partial charge in [0.2, 0.25) is 0 Å². The zero-order valence-corrected chi connectivity index (χ0v) is 17.6. The number of carbonyl (C=O) groups excluding carboxylic acids is 3. The molecular weight excluding hydrogens is 424 g/mol. The molecule has 1 unspecified atom stereocenters. The van der Waals surface area contributed by atoms with E-state index in [1.807, 2.05) is 4.90 Å². The van der Waals surface area contributed by atoms with Crippen molar-refractivity contribution in [2.45, 2.75) is 25.9 Å². The first kappa shape index (κ1) is 22.2. The van der Waals surface area contributed by atoms with Crippen LogP contribution in [0.25, 0.3) is 0 Å². The van der Waals surface area contributed by atoms with Crippen LogP contribution in [0.1, 0.15) is 30.1 Å². The Hall–Kier alpha value is -3.47. The van der Waals surface area contributed by atoms with E-state index < -0.39 is 34.7 Å². The second-order valence-corrected chi connectivity index (χ2v) is 8.02. The maximum absolute atomic E-state index is 12.5. The van der Waals surface area contributed by atoms with Gasteiger partial charge in [-0.15, -0.1) is 11.3 Å². The lowest BCUT2D eigenvalue weighted by Crippen LogP contribution is -2.39. The highest BCUT2D eigenvalue weighted by atomic mass is 32.1. The van der Waals surface area contributed by atoms with Crippen LogP contribution in [0.5, 0.6) is 0 Å². The number of piperidine rings is 1. The van der Waals surface area contributed by atoms with Crippen LogP contribution in [0.4, 0.5) is 16.4 Å². The Morgan fingerprint density at radius 1 is 1.26 bits per heavy atom. The smallest absolute Gasteiger partial charge is 0.309 e. The number of thiophene rings is 1. The van der Waals surface area contributed by atoms with Crippen LogP contribution < -0.4 is 16.0 Å². The molecule has 10 nitrogen and oxygen atoms in total. The second kappa shape index (κ2) is 9.56. The minimum atomic E-state index is -1.05. The summed E-state index contributed by atoms with van der Waals surface area (Å²) in [5, 5.41) is 15.7. The molecule has 1 aromatic heterocycles. The van der Waals surface area contributed by atoms with Crippen LogP contribution in [-0.4, -0.2) is 41.9 Å². The molecule has 0 bridgehead atoms. The number of anilines is 2. The van der Waals surface area contributed by atoms with Gasteiger partial charge in [0.15, 0.2) is 6.10 Å². The lowest BCUT2D eigenvalue weighted by atomic mass is 9.96. The summed E-state index contributed by atoms with van der Waals surface area (Å²) in [6.07, 6.45) is -0.144.